The lowest BCUT2D eigenvalue weighted by molar-refractivity contribution is -0.122. The third-order valence-corrected chi connectivity index (χ3v) is 2.64. The fourth-order valence-corrected chi connectivity index (χ4v) is 1.90. The van der Waals surface area contributed by atoms with Crippen LogP contribution in [0.5, 0.6) is 0 Å². The number of carboxylic acid groups (broad SMARTS) is 1. The maximum Gasteiger partial charge on any atom is 0.290 e. The van der Waals surface area contributed by atoms with Gasteiger partial charge in [0.1, 0.15) is 0 Å². The molecule has 1 saturated heterocycles. The highest BCUT2D eigenvalue weighted by atomic mass is 16.3. The van der Waals surface area contributed by atoms with Gasteiger partial charge in [0.25, 0.3) is 6.47 Å². The first-order chi connectivity index (χ1) is 7.79. The first kappa shape index (κ1) is 12.5. The van der Waals surface area contributed by atoms with Gasteiger partial charge in [-0.15, -0.1) is 0 Å². The van der Waals surface area contributed by atoms with Crippen LogP contribution in [0.25, 0.3) is 0 Å². The molecular weight excluding hydrogens is 204 g/mol. The van der Waals surface area contributed by atoms with Gasteiger partial charge in [0.15, 0.2) is 0 Å². The summed E-state index contributed by atoms with van der Waals surface area (Å²) in [6.07, 6.45) is 3.87. The van der Waals surface area contributed by atoms with Crippen LogP contribution in [0.3, 0.4) is 0 Å². The van der Waals surface area contributed by atoms with Crippen LogP contribution < -0.4 is 10.6 Å². The first-order valence-corrected chi connectivity index (χ1v) is 5.44. The summed E-state index contributed by atoms with van der Waals surface area (Å²) in [7, 11) is 0. The molecule has 0 aromatic heterocycles. The van der Waals surface area contributed by atoms with Crippen molar-refractivity contribution >= 4 is 12.2 Å². The van der Waals surface area contributed by atoms with Gasteiger partial charge in [-0.1, -0.05) is 18.2 Å². The molecule has 0 aliphatic carbocycles. The minimum atomic E-state index is -0.250. The maximum atomic E-state index is 8.36. The molecule has 0 amide bonds. The van der Waals surface area contributed by atoms with Crippen molar-refractivity contribution in [3.8, 4) is 0 Å². The molecule has 1 unspecified atom stereocenters. The van der Waals surface area contributed by atoms with E-state index in [1.54, 1.807) is 0 Å². The lowest BCUT2D eigenvalue weighted by Gasteiger charge is -2.34. The minimum absolute atomic E-state index is 0.219. The van der Waals surface area contributed by atoms with Crippen LogP contribution >= 0.6 is 0 Å². The third kappa shape index (κ3) is 3.55. The van der Waals surface area contributed by atoms with Gasteiger partial charge in [0.05, 0.1) is 6.17 Å². The van der Waals surface area contributed by atoms with Crippen molar-refractivity contribution in [3.63, 3.8) is 0 Å². The molecule has 1 heterocycles. The zero-order valence-corrected chi connectivity index (χ0v) is 9.25. The van der Waals surface area contributed by atoms with Crippen molar-refractivity contribution in [2.75, 3.05) is 11.4 Å². The molecule has 16 heavy (non-hydrogen) atoms. The smallest absolute Gasteiger partial charge is 0.290 e. The Kier molecular flexibility index (Phi) is 5.36. The number of nitrogens with zero attached hydrogens (tertiary/aromatic N) is 1. The van der Waals surface area contributed by atoms with Crippen molar-refractivity contribution < 1.29 is 9.90 Å². The van der Waals surface area contributed by atoms with Gasteiger partial charge < -0.3 is 15.7 Å². The van der Waals surface area contributed by atoms with Crippen molar-refractivity contribution in [2.24, 2.45) is 5.73 Å². The average Bonchev–Trinajstić information content (AvgIpc) is 2.32. The standard InChI is InChI=1S/C11H16N2.CH2O2/c12-11-8-4-5-9-13(11)10-6-2-1-3-7-10;2-1-3/h1-3,6-7,11H,4-5,8-9,12H2;1H,(H,2,3). The summed E-state index contributed by atoms with van der Waals surface area (Å²) in [6, 6.07) is 10.4. The van der Waals surface area contributed by atoms with E-state index in [1.807, 2.05) is 6.07 Å². The fourth-order valence-electron chi connectivity index (χ4n) is 1.90. The summed E-state index contributed by atoms with van der Waals surface area (Å²) >= 11 is 0. The van der Waals surface area contributed by atoms with Crippen molar-refractivity contribution in [1.82, 2.24) is 0 Å². The predicted molar refractivity (Wildman–Crippen MR) is 64.3 cm³/mol. The quantitative estimate of drug-likeness (QED) is 0.709. The van der Waals surface area contributed by atoms with Crippen molar-refractivity contribution in [2.45, 2.75) is 25.4 Å². The Morgan fingerprint density at radius 3 is 2.50 bits per heavy atom. The lowest BCUT2D eigenvalue weighted by atomic mass is 10.1. The fraction of sp³-hybridized carbons (Fsp3) is 0.417. The zero-order valence-electron chi connectivity index (χ0n) is 9.25. The lowest BCUT2D eigenvalue weighted by Crippen LogP contribution is -2.45. The van der Waals surface area contributed by atoms with E-state index in [2.05, 4.69) is 29.2 Å². The molecule has 0 spiro atoms. The summed E-state index contributed by atoms with van der Waals surface area (Å²) < 4.78 is 0. The molecule has 1 aromatic rings. The summed E-state index contributed by atoms with van der Waals surface area (Å²) in [5.74, 6) is 0. The van der Waals surface area contributed by atoms with Crippen LogP contribution in [0.1, 0.15) is 19.3 Å². The second-order valence-electron chi connectivity index (χ2n) is 3.70. The van der Waals surface area contributed by atoms with Gasteiger partial charge in [0, 0.05) is 12.2 Å². The Morgan fingerprint density at radius 2 is 1.94 bits per heavy atom. The van der Waals surface area contributed by atoms with E-state index in [-0.39, 0.29) is 12.6 Å². The minimum Gasteiger partial charge on any atom is -0.483 e. The zero-order chi connectivity index (χ0) is 11.8. The number of hydrogen-bond donors (Lipinski definition) is 2. The summed E-state index contributed by atoms with van der Waals surface area (Å²) in [5.41, 5.74) is 7.30. The molecule has 3 N–H and O–H groups in total. The number of nitrogens with two attached hydrogens (primary N) is 1. The molecule has 0 saturated carbocycles. The second kappa shape index (κ2) is 6.85. The number of carbonyl (C=O) groups is 1. The first-order valence-electron chi connectivity index (χ1n) is 5.44. The molecule has 1 aromatic carbocycles. The second-order valence-corrected chi connectivity index (χ2v) is 3.70. The highest BCUT2D eigenvalue weighted by Crippen LogP contribution is 2.21. The Labute approximate surface area is 95.7 Å². The number of anilines is 1. The monoisotopic (exact) mass is 222 g/mol. The van der Waals surface area contributed by atoms with Gasteiger partial charge in [-0.25, -0.2) is 0 Å². The molecular formula is C12H18N2O2. The number of para-hydroxylation sites is 1. The van der Waals surface area contributed by atoms with E-state index < -0.39 is 0 Å². The average molecular weight is 222 g/mol. The van der Waals surface area contributed by atoms with Crippen molar-refractivity contribution in [3.05, 3.63) is 30.3 Å². The van der Waals surface area contributed by atoms with E-state index in [0.717, 1.165) is 13.0 Å². The van der Waals surface area contributed by atoms with Crippen LogP contribution in [0, 0.1) is 0 Å². The van der Waals surface area contributed by atoms with Gasteiger partial charge in [-0.3, -0.25) is 4.79 Å². The van der Waals surface area contributed by atoms with E-state index in [1.165, 1.54) is 18.5 Å². The molecule has 0 bridgehead atoms. The normalized spacial score (nSPS) is 19.6. The maximum absolute atomic E-state index is 8.36. The Hall–Kier alpha value is -1.55. The van der Waals surface area contributed by atoms with Crippen molar-refractivity contribution in [1.29, 1.82) is 0 Å². The van der Waals surface area contributed by atoms with Crippen LogP contribution in [-0.2, 0) is 4.79 Å². The molecule has 1 fully saturated rings. The van der Waals surface area contributed by atoms with Crippen LogP contribution in [-0.4, -0.2) is 24.3 Å². The van der Waals surface area contributed by atoms with E-state index >= 15 is 0 Å². The summed E-state index contributed by atoms with van der Waals surface area (Å²) in [5, 5.41) is 6.89. The number of benzene rings is 1. The largest absolute Gasteiger partial charge is 0.483 e. The van der Waals surface area contributed by atoms with Crippen LogP contribution in [0.4, 0.5) is 5.69 Å². The number of hydrogen-bond acceptors (Lipinski definition) is 3. The number of piperidine rings is 1. The van der Waals surface area contributed by atoms with Gasteiger partial charge in [-0.05, 0) is 31.4 Å². The van der Waals surface area contributed by atoms with Crippen LogP contribution in [0.2, 0.25) is 0 Å². The van der Waals surface area contributed by atoms with E-state index in [4.69, 9.17) is 15.6 Å². The van der Waals surface area contributed by atoms with E-state index in [9.17, 15) is 0 Å². The highest BCUT2D eigenvalue weighted by molar-refractivity contribution is 5.47. The molecule has 1 aliphatic rings. The molecule has 88 valence electrons. The van der Waals surface area contributed by atoms with Crippen LogP contribution in [0.15, 0.2) is 30.3 Å². The third-order valence-electron chi connectivity index (χ3n) is 2.64. The topological polar surface area (TPSA) is 66.6 Å². The molecule has 1 atom stereocenters. The molecule has 1 aliphatic heterocycles. The van der Waals surface area contributed by atoms with Gasteiger partial charge in [0.2, 0.25) is 0 Å². The highest BCUT2D eigenvalue weighted by Gasteiger charge is 2.18. The molecule has 2 rings (SSSR count). The van der Waals surface area contributed by atoms with E-state index in [0.29, 0.717) is 0 Å². The number of rotatable bonds is 1. The summed E-state index contributed by atoms with van der Waals surface area (Å²) in [6.45, 7) is 0.852. The van der Waals surface area contributed by atoms with Gasteiger partial charge >= 0.3 is 0 Å². The van der Waals surface area contributed by atoms with Gasteiger partial charge in [-0.2, -0.15) is 0 Å². The Balaban J connectivity index is 0.000000386. The Morgan fingerprint density at radius 1 is 1.31 bits per heavy atom. The molecule has 4 nitrogen and oxygen atoms in total. The summed E-state index contributed by atoms with van der Waals surface area (Å²) in [4.78, 5) is 10.7. The Bertz CT molecular complexity index is 303. The molecule has 4 heteroatoms. The SMILES string of the molecule is NC1CCCCN1c1ccccc1.O=CO. The molecule has 0 radical (unpaired) electrons. The predicted octanol–water partition coefficient (Wildman–Crippen LogP) is 1.66.